The van der Waals surface area contributed by atoms with Crippen LogP contribution in [-0.2, 0) is 0 Å². The number of anilines is 1. The molecule has 1 saturated carbocycles. The van der Waals surface area contributed by atoms with Crippen LogP contribution < -0.4 is 5.32 Å². The fourth-order valence-corrected chi connectivity index (χ4v) is 3.72. The van der Waals surface area contributed by atoms with Crippen molar-refractivity contribution in [1.82, 2.24) is 9.88 Å². The lowest BCUT2D eigenvalue weighted by Gasteiger charge is -2.31. The molecule has 0 aliphatic heterocycles. The van der Waals surface area contributed by atoms with Gasteiger partial charge in [0, 0.05) is 24.8 Å². The molecule has 1 N–H and O–H groups in total. The molecule has 0 atom stereocenters. The highest BCUT2D eigenvalue weighted by Gasteiger charge is 2.17. The van der Waals surface area contributed by atoms with Crippen LogP contribution in [-0.4, -0.2) is 41.0 Å². The van der Waals surface area contributed by atoms with Gasteiger partial charge in [0.05, 0.1) is 16.0 Å². The fraction of sp³-hybridized carbons (Fsp3) is 0.526. The van der Waals surface area contributed by atoms with Gasteiger partial charge in [0.2, 0.25) is 0 Å². The summed E-state index contributed by atoms with van der Waals surface area (Å²) in [6, 6.07) is 7.54. The number of non-ortho nitro benzene ring substituents is 1. The summed E-state index contributed by atoms with van der Waals surface area (Å²) >= 11 is 0. The molecule has 25 heavy (non-hydrogen) atoms. The van der Waals surface area contributed by atoms with E-state index in [9.17, 15) is 10.1 Å². The molecular weight excluding hydrogens is 316 g/mol. The molecule has 3 rings (SSSR count). The highest BCUT2D eigenvalue weighted by Crippen LogP contribution is 2.29. The standard InChI is InChI=1S/C19H26N4O2/c1-22(15-7-3-2-4-8-15)14-6-13-20-17-10-11-18(23(24)25)16-9-5-12-21-19(16)17/h5,9-12,15,20H,2-4,6-8,13-14H2,1H3. The van der Waals surface area contributed by atoms with Crippen LogP contribution in [0, 0.1) is 10.1 Å². The summed E-state index contributed by atoms with van der Waals surface area (Å²) in [6.45, 7) is 1.90. The second-order valence-corrected chi connectivity index (χ2v) is 6.84. The predicted octanol–water partition coefficient (Wildman–Crippen LogP) is 4.21. The number of benzene rings is 1. The molecule has 134 valence electrons. The number of hydrogen-bond acceptors (Lipinski definition) is 5. The van der Waals surface area contributed by atoms with Gasteiger partial charge in [-0.1, -0.05) is 19.3 Å². The van der Waals surface area contributed by atoms with Gasteiger partial charge in [0.15, 0.2) is 0 Å². The number of pyridine rings is 1. The second kappa shape index (κ2) is 8.25. The Labute approximate surface area is 148 Å². The molecule has 1 heterocycles. The largest absolute Gasteiger partial charge is 0.383 e. The first kappa shape index (κ1) is 17.6. The second-order valence-electron chi connectivity index (χ2n) is 6.84. The van der Waals surface area contributed by atoms with Crippen molar-refractivity contribution in [1.29, 1.82) is 0 Å². The number of hydrogen-bond donors (Lipinski definition) is 1. The zero-order valence-corrected chi connectivity index (χ0v) is 14.8. The molecule has 1 aromatic carbocycles. The van der Waals surface area contributed by atoms with Crippen LogP contribution in [0.5, 0.6) is 0 Å². The maximum absolute atomic E-state index is 11.2. The van der Waals surface area contributed by atoms with Gasteiger partial charge in [-0.25, -0.2) is 0 Å². The summed E-state index contributed by atoms with van der Waals surface area (Å²) in [5.74, 6) is 0. The minimum absolute atomic E-state index is 0.102. The summed E-state index contributed by atoms with van der Waals surface area (Å²) in [4.78, 5) is 17.6. The van der Waals surface area contributed by atoms with Gasteiger partial charge in [-0.05, 0) is 51.1 Å². The number of nitro benzene ring substituents is 1. The van der Waals surface area contributed by atoms with Gasteiger partial charge in [0.1, 0.15) is 5.52 Å². The third-order valence-corrected chi connectivity index (χ3v) is 5.14. The first-order chi connectivity index (χ1) is 12.2. The highest BCUT2D eigenvalue weighted by atomic mass is 16.6. The molecule has 0 amide bonds. The maximum Gasteiger partial charge on any atom is 0.278 e. The summed E-state index contributed by atoms with van der Waals surface area (Å²) in [5.41, 5.74) is 1.63. The number of rotatable bonds is 7. The van der Waals surface area contributed by atoms with E-state index in [2.05, 4.69) is 22.2 Å². The summed E-state index contributed by atoms with van der Waals surface area (Å²) in [7, 11) is 2.22. The summed E-state index contributed by atoms with van der Waals surface area (Å²) in [5, 5.41) is 15.1. The number of nitrogens with zero attached hydrogens (tertiary/aromatic N) is 3. The molecule has 1 fully saturated rings. The van der Waals surface area contributed by atoms with Crippen LogP contribution in [0.15, 0.2) is 30.5 Å². The highest BCUT2D eigenvalue weighted by molar-refractivity contribution is 5.96. The van der Waals surface area contributed by atoms with Gasteiger partial charge < -0.3 is 10.2 Å². The van der Waals surface area contributed by atoms with Crippen molar-refractivity contribution in [3.05, 3.63) is 40.6 Å². The SMILES string of the molecule is CN(CCCNc1ccc([N+](=O)[O-])c2cccnc12)C1CCCCC1. The van der Waals surface area contributed by atoms with Crippen molar-refractivity contribution in [2.24, 2.45) is 0 Å². The van der Waals surface area contributed by atoms with E-state index < -0.39 is 0 Å². The molecule has 0 saturated heterocycles. The third-order valence-electron chi connectivity index (χ3n) is 5.14. The van der Waals surface area contributed by atoms with E-state index in [0.717, 1.165) is 31.2 Å². The minimum atomic E-state index is -0.354. The first-order valence-corrected chi connectivity index (χ1v) is 9.13. The van der Waals surface area contributed by atoms with Crippen LogP contribution in [0.3, 0.4) is 0 Å². The lowest BCUT2D eigenvalue weighted by atomic mass is 9.94. The molecule has 6 nitrogen and oxygen atoms in total. The molecule has 0 spiro atoms. The van der Waals surface area contributed by atoms with Gasteiger partial charge in [-0.15, -0.1) is 0 Å². The van der Waals surface area contributed by atoms with Crippen LogP contribution in [0.4, 0.5) is 11.4 Å². The van der Waals surface area contributed by atoms with Crippen LogP contribution in [0.1, 0.15) is 38.5 Å². The molecule has 1 aliphatic carbocycles. The van der Waals surface area contributed by atoms with E-state index in [4.69, 9.17) is 0 Å². The van der Waals surface area contributed by atoms with Crippen LogP contribution >= 0.6 is 0 Å². The van der Waals surface area contributed by atoms with E-state index in [1.165, 1.54) is 32.1 Å². The Hall–Kier alpha value is -2.21. The van der Waals surface area contributed by atoms with Gasteiger partial charge in [-0.2, -0.15) is 0 Å². The lowest BCUT2D eigenvalue weighted by molar-refractivity contribution is -0.383. The number of nitrogens with one attached hydrogen (secondary N) is 1. The van der Waals surface area contributed by atoms with Crippen molar-refractivity contribution in [2.75, 3.05) is 25.5 Å². The quantitative estimate of drug-likeness (QED) is 0.464. The smallest absolute Gasteiger partial charge is 0.278 e. The van der Waals surface area contributed by atoms with Crippen molar-refractivity contribution in [3.8, 4) is 0 Å². The normalized spacial score (nSPS) is 15.6. The average Bonchev–Trinajstić information content (AvgIpc) is 2.65. The van der Waals surface area contributed by atoms with Gasteiger partial charge >= 0.3 is 0 Å². The Morgan fingerprint density at radius 2 is 2.08 bits per heavy atom. The van der Waals surface area contributed by atoms with Crippen molar-refractivity contribution in [2.45, 2.75) is 44.6 Å². The van der Waals surface area contributed by atoms with E-state index in [0.29, 0.717) is 10.9 Å². The fourth-order valence-electron chi connectivity index (χ4n) is 3.72. The van der Waals surface area contributed by atoms with E-state index in [-0.39, 0.29) is 10.6 Å². The topological polar surface area (TPSA) is 71.3 Å². The molecule has 1 aromatic heterocycles. The number of aromatic nitrogens is 1. The average molecular weight is 342 g/mol. The van der Waals surface area contributed by atoms with Gasteiger partial charge in [-0.3, -0.25) is 15.1 Å². The Bertz CT molecular complexity index is 728. The zero-order chi connectivity index (χ0) is 17.6. The van der Waals surface area contributed by atoms with Gasteiger partial charge in [0.25, 0.3) is 5.69 Å². The van der Waals surface area contributed by atoms with Crippen molar-refractivity contribution < 1.29 is 4.92 Å². The van der Waals surface area contributed by atoms with Crippen LogP contribution in [0.2, 0.25) is 0 Å². The molecule has 2 aromatic rings. The Morgan fingerprint density at radius 1 is 1.28 bits per heavy atom. The third kappa shape index (κ3) is 4.25. The zero-order valence-electron chi connectivity index (χ0n) is 14.8. The molecule has 0 unspecified atom stereocenters. The molecule has 6 heteroatoms. The minimum Gasteiger partial charge on any atom is -0.383 e. The molecular formula is C19H26N4O2. The van der Waals surface area contributed by atoms with E-state index >= 15 is 0 Å². The number of nitro groups is 1. The van der Waals surface area contributed by atoms with Crippen LogP contribution in [0.25, 0.3) is 10.9 Å². The predicted molar refractivity (Wildman–Crippen MR) is 101 cm³/mol. The maximum atomic E-state index is 11.2. The van der Waals surface area contributed by atoms with E-state index in [1.54, 1.807) is 30.5 Å². The summed E-state index contributed by atoms with van der Waals surface area (Å²) in [6.07, 6.45) is 9.45. The van der Waals surface area contributed by atoms with E-state index in [1.807, 2.05) is 0 Å². The van der Waals surface area contributed by atoms with Crippen molar-refractivity contribution in [3.63, 3.8) is 0 Å². The number of fused-ring (bicyclic) bond motifs is 1. The monoisotopic (exact) mass is 342 g/mol. The Morgan fingerprint density at radius 3 is 2.84 bits per heavy atom. The summed E-state index contributed by atoms with van der Waals surface area (Å²) < 4.78 is 0. The Balaban J connectivity index is 1.58. The Kier molecular flexibility index (Phi) is 5.81. The molecule has 1 aliphatic rings. The molecule has 0 radical (unpaired) electrons. The first-order valence-electron chi connectivity index (χ1n) is 9.13. The van der Waals surface area contributed by atoms with Crippen molar-refractivity contribution >= 4 is 22.3 Å². The molecule has 0 bridgehead atoms. The lowest BCUT2D eigenvalue weighted by Crippen LogP contribution is -2.34.